The molecule has 11 heteroatoms. The highest BCUT2D eigenvalue weighted by Crippen LogP contribution is 2.58. The molecule has 1 spiro atoms. The molecule has 0 saturated heterocycles. The summed E-state index contributed by atoms with van der Waals surface area (Å²) in [5.41, 5.74) is 2.47. The number of H-pyrrole nitrogens is 1. The number of nitrogens with one attached hydrogen (secondary N) is 3. The number of carbonyl (C=O) groups is 1. The highest BCUT2D eigenvalue weighted by atomic mass is 35.5. The smallest absolute Gasteiger partial charge is 0.439 e. The van der Waals surface area contributed by atoms with Crippen LogP contribution in [-0.4, -0.2) is 22.6 Å². The second-order valence-electron chi connectivity index (χ2n) is 7.20. The van der Waals surface area contributed by atoms with E-state index in [-0.39, 0.29) is 32.7 Å². The molecule has 8 nitrogen and oxygen atoms in total. The van der Waals surface area contributed by atoms with E-state index in [1.54, 1.807) is 6.07 Å². The van der Waals surface area contributed by atoms with Crippen LogP contribution in [0.1, 0.15) is 29.0 Å². The largest absolute Gasteiger partial charge is 0.453 e. The summed E-state index contributed by atoms with van der Waals surface area (Å²) in [4.78, 5) is 25.2. The lowest BCUT2D eigenvalue weighted by Crippen LogP contribution is -2.14. The van der Waals surface area contributed by atoms with E-state index >= 15 is 0 Å². The first-order valence-corrected chi connectivity index (χ1v) is 10.1. The molecule has 2 heterocycles. The maximum absolute atomic E-state index is 12.1. The number of rotatable bonds is 4. The Morgan fingerprint density at radius 2 is 1.93 bits per heavy atom. The number of hydrogen-bond donors (Lipinski definition) is 3. The van der Waals surface area contributed by atoms with Gasteiger partial charge in [-0.1, -0.05) is 34.8 Å². The van der Waals surface area contributed by atoms with Crippen molar-refractivity contribution >= 4 is 52.1 Å². The fourth-order valence-electron chi connectivity index (χ4n) is 3.59. The van der Waals surface area contributed by atoms with Crippen LogP contribution in [0.25, 0.3) is 0 Å². The lowest BCUT2D eigenvalue weighted by molar-refractivity contribution is 0.101. The number of halogens is 3. The van der Waals surface area contributed by atoms with Crippen molar-refractivity contribution < 1.29 is 14.1 Å². The summed E-state index contributed by atoms with van der Waals surface area (Å²) in [6, 6.07) is 6.62. The van der Waals surface area contributed by atoms with Crippen LogP contribution >= 0.6 is 34.8 Å². The topological polar surface area (TPSA) is 109 Å². The number of benzene rings is 2. The zero-order valence-electron chi connectivity index (χ0n) is 15.1. The van der Waals surface area contributed by atoms with Crippen LogP contribution in [0.2, 0.25) is 15.1 Å². The number of amides is 1. The molecule has 1 amide bonds. The molecule has 1 saturated carbocycles. The molecule has 0 unspecified atom stereocenters. The van der Waals surface area contributed by atoms with Crippen molar-refractivity contribution in [3.63, 3.8) is 0 Å². The van der Waals surface area contributed by atoms with Crippen LogP contribution in [-0.2, 0) is 5.41 Å². The van der Waals surface area contributed by atoms with E-state index < -0.39 is 11.7 Å². The second-order valence-corrected chi connectivity index (χ2v) is 8.40. The zero-order valence-corrected chi connectivity index (χ0v) is 17.4. The van der Waals surface area contributed by atoms with Gasteiger partial charge in [0, 0.05) is 28.9 Å². The van der Waals surface area contributed by atoms with Crippen molar-refractivity contribution in [2.45, 2.75) is 18.3 Å². The maximum Gasteiger partial charge on any atom is 0.439 e. The average Bonchev–Trinajstić information content (AvgIpc) is 3.17. The lowest BCUT2D eigenvalue weighted by Gasteiger charge is -2.16. The quantitative estimate of drug-likeness (QED) is 0.507. The SMILES string of the molecule is O=C(Nc1cc(Cl)c(Oc2ccc3c(c2Cl)C2(CC2)CN3)c(Cl)c1)c1noc(=O)[nH]1. The molecule has 0 atom stereocenters. The summed E-state index contributed by atoms with van der Waals surface area (Å²) in [5, 5.41) is 10.1. The first kappa shape index (κ1) is 19.3. The Morgan fingerprint density at radius 1 is 1.20 bits per heavy atom. The Labute approximate surface area is 184 Å². The van der Waals surface area contributed by atoms with Gasteiger partial charge in [0.15, 0.2) is 5.75 Å². The molecule has 0 bridgehead atoms. The van der Waals surface area contributed by atoms with Crippen LogP contribution in [0.3, 0.4) is 0 Å². The van der Waals surface area contributed by atoms with Gasteiger partial charge in [0.05, 0.1) is 15.1 Å². The Morgan fingerprint density at radius 3 is 2.57 bits per heavy atom. The summed E-state index contributed by atoms with van der Waals surface area (Å²) in [6.07, 6.45) is 2.17. The minimum absolute atomic E-state index is 0.0929. The van der Waals surface area contributed by atoms with Gasteiger partial charge >= 0.3 is 5.76 Å². The van der Waals surface area contributed by atoms with E-state index in [0.717, 1.165) is 30.6 Å². The molecule has 0 radical (unpaired) electrons. The number of fused-ring (bicyclic) bond motifs is 2. The number of aromatic nitrogens is 2. The maximum atomic E-state index is 12.1. The first-order valence-electron chi connectivity index (χ1n) is 8.97. The predicted octanol–water partition coefficient (Wildman–Crippen LogP) is 4.82. The van der Waals surface area contributed by atoms with Crippen molar-refractivity contribution in [1.82, 2.24) is 10.1 Å². The third-order valence-corrected chi connectivity index (χ3v) is 6.17. The second kappa shape index (κ2) is 6.94. The summed E-state index contributed by atoms with van der Waals surface area (Å²) in [5.74, 6) is -1.14. The van der Waals surface area contributed by atoms with E-state index in [9.17, 15) is 9.59 Å². The van der Waals surface area contributed by atoms with Crippen LogP contribution < -0.4 is 21.1 Å². The number of ether oxygens (including phenoxy) is 1. The van der Waals surface area contributed by atoms with Crippen LogP contribution in [0.4, 0.5) is 11.4 Å². The zero-order chi connectivity index (χ0) is 21.0. The minimum Gasteiger partial charge on any atom is -0.453 e. The number of anilines is 2. The molecule has 30 heavy (non-hydrogen) atoms. The van der Waals surface area contributed by atoms with Gasteiger partial charge in [-0.25, -0.2) is 4.79 Å². The fourth-order valence-corrected chi connectivity index (χ4v) is 4.56. The Hall–Kier alpha value is -2.68. The van der Waals surface area contributed by atoms with Gasteiger partial charge in [0.2, 0.25) is 5.82 Å². The number of nitrogens with zero attached hydrogens (tertiary/aromatic N) is 1. The van der Waals surface area contributed by atoms with Gasteiger partial charge in [-0.2, -0.15) is 0 Å². The van der Waals surface area contributed by atoms with Gasteiger partial charge in [-0.05, 0) is 42.3 Å². The Bertz CT molecular complexity index is 1230. The van der Waals surface area contributed by atoms with Crippen LogP contribution in [0.15, 0.2) is 33.6 Å². The molecule has 154 valence electrons. The average molecular weight is 468 g/mol. The molecule has 3 N–H and O–H groups in total. The number of aromatic amines is 1. The van der Waals surface area contributed by atoms with Crippen molar-refractivity contribution in [1.29, 1.82) is 0 Å². The van der Waals surface area contributed by atoms with E-state index in [1.165, 1.54) is 12.1 Å². The number of hydrogen-bond acceptors (Lipinski definition) is 6. The van der Waals surface area contributed by atoms with E-state index in [0.29, 0.717) is 10.8 Å². The molecule has 5 rings (SSSR count). The molecular formula is C19H13Cl3N4O4. The van der Waals surface area contributed by atoms with E-state index in [1.807, 2.05) is 6.07 Å². The summed E-state index contributed by atoms with van der Waals surface area (Å²) < 4.78 is 10.3. The van der Waals surface area contributed by atoms with E-state index in [2.05, 4.69) is 25.3 Å². The number of carbonyl (C=O) groups excluding carboxylic acids is 1. The molecule has 3 aromatic rings. The van der Waals surface area contributed by atoms with Gasteiger partial charge in [0.1, 0.15) is 5.75 Å². The van der Waals surface area contributed by atoms with Crippen LogP contribution in [0, 0.1) is 0 Å². The van der Waals surface area contributed by atoms with E-state index in [4.69, 9.17) is 39.5 Å². The molecule has 1 aliphatic carbocycles. The molecule has 2 aliphatic rings. The van der Waals surface area contributed by atoms with Crippen LogP contribution in [0.5, 0.6) is 11.5 Å². The third kappa shape index (κ3) is 3.21. The molecular weight excluding hydrogens is 455 g/mol. The summed E-state index contributed by atoms with van der Waals surface area (Å²) in [7, 11) is 0. The van der Waals surface area contributed by atoms with Crippen molar-refractivity contribution in [3.05, 3.63) is 61.3 Å². The summed E-state index contributed by atoms with van der Waals surface area (Å²) >= 11 is 19.3. The first-order chi connectivity index (χ1) is 14.4. The fraction of sp³-hybridized carbons (Fsp3) is 0.211. The molecule has 1 fully saturated rings. The molecule has 1 aromatic heterocycles. The predicted molar refractivity (Wildman–Crippen MR) is 112 cm³/mol. The van der Waals surface area contributed by atoms with Gasteiger partial charge in [-0.3, -0.25) is 14.3 Å². The third-order valence-electron chi connectivity index (χ3n) is 5.23. The lowest BCUT2D eigenvalue weighted by atomic mass is 9.98. The highest BCUT2D eigenvalue weighted by Gasteiger charge is 2.50. The van der Waals surface area contributed by atoms with Crippen molar-refractivity contribution in [2.75, 3.05) is 17.2 Å². The minimum atomic E-state index is -0.839. The monoisotopic (exact) mass is 466 g/mol. The Balaban J connectivity index is 1.41. The Kier molecular flexibility index (Phi) is 4.46. The van der Waals surface area contributed by atoms with Gasteiger partial charge in [0.25, 0.3) is 5.91 Å². The highest BCUT2D eigenvalue weighted by molar-refractivity contribution is 6.38. The van der Waals surface area contributed by atoms with Gasteiger partial charge < -0.3 is 15.4 Å². The molecule has 2 aromatic carbocycles. The molecule has 1 aliphatic heterocycles. The summed E-state index contributed by atoms with van der Waals surface area (Å²) in [6.45, 7) is 0.873. The normalized spacial score (nSPS) is 15.6. The van der Waals surface area contributed by atoms with Crippen molar-refractivity contribution in [3.8, 4) is 11.5 Å². The van der Waals surface area contributed by atoms with Gasteiger partial charge in [-0.15, -0.1) is 0 Å². The standard InChI is InChI=1S/C19H13Cl3N4O4/c20-9-5-8(24-17(27)16-25-18(28)30-26-16)6-10(21)15(9)29-12-2-1-11-13(14(12)22)19(3-4-19)7-23-11/h1-2,5-6,23H,3-4,7H2,(H,24,27)(H,25,26,28). The van der Waals surface area contributed by atoms with Crippen molar-refractivity contribution in [2.24, 2.45) is 0 Å².